The molecule has 0 unspecified atom stereocenters. The van der Waals surface area contributed by atoms with Gasteiger partial charge in [0.05, 0.1) is 16.8 Å². The van der Waals surface area contributed by atoms with E-state index in [-0.39, 0.29) is 11.7 Å². The average molecular weight is 370 g/mol. The van der Waals surface area contributed by atoms with Crippen LogP contribution in [0.25, 0.3) is 16.7 Å². The second-order valence-electron chi connectivity index (χ2n) is 5.27. The second kappa shape index (κ2) is 6.70. The Balaban J connectivity index is 1.54. The van der Waals surface area contributed by atoms with E-state index in [1.807, 2.05) is 28.7 Å². The zero-order valence-corrected chi connectivity index (χ0v) is 14.5. The van der Waals surface area contributed by atoms with Crippen molar-refractivity contribution >= 4 is 51.6 Å². The van der Waals surface area contributed by atoms with Crippen LogP contribution >= 0.6 is 23.4 Å². The van der Waals surface area contributed by atoms with Crippen LogP contribution in [-0.4, -0.2) is 31.2 Å². The van der Waals surface area contributed by atoms with E-state index < -0.39 is 0 Å². The summed E-state index contributed by atoms with van der Waals surface area (Å²) in [5.41, 5.74) is 3.10. The van der Waals surface area contributed by atoms with Gasteiger partial charge in [-0.2, -0.15) is 0 Å². The fraction of sp³-hybridized carbons (Fsp3) is 0.0588. The maximum atomic E-state index is 12.2. The molecule has 8 heteroatoms. The average Bonchev–Trinajstić information content (AvgIpc) is 3.12. The van der Waals surface area contributed by atoms with Gasteiger partial charge in [0.1, 0.15) is 11.4 Å². The number of thioether (sulfide) groups is 1. The molecule has 0 fully saturated rings. The first-order valence-corrected chi connectivity index (χ1v) is 8.84. The van der Waals surface area contributed by atoms with E-state index in [0.29, 0.717) is 21.4 Å². The van der Waals surface area contributed by atoms with Crippen LogP contribution in [0, 0.1) is 0 Å². The molecule has 25 heavy (non-hydrogen) atoms. The Kier molecular flexibility index (Phi) is 4.25. The van der Waals surface area contributed by atoms with Crippen LogP contribution in [0.4, 0.5) is 5.69 Å². The molecule has 2 heterocycles. The van der Waals surface area contributed by atoms with Gasteiger partial charge in [0.2, 0.25) is 5.91 Å². The zero-order chi connectivity index (χ0) is 17.2. The van der Waals surface area contributed by atoms with Crippen molar-refractivity contribution in [3.05, 3.63) is 59.9 Å². The van der Waals surface area contributed by atoms with Crippen molar-refractivity contribution in [1.29, 1.82) is 0 Å². The van der Waals surface area contributed by atoms with Crippen LogP contribution < -0.4 is 5.32 Å². The van der Waals surface area contributed by atoms with Gasteiger partial charge >= 0.3 is 0 Å². The molecule has 0 aliphatic carbocycles. The zero-order valence-electron chi connectivity index (χ0n) is 12.9. The number of aromatic nitrogens is 4. The van der Waals surface area contributed by atoms with Crippen LogP contribution in [0.3, 0.4) is 0 Å². The molecule has 0 saturated heterocycles. The molecule has 0 bridgehead atoms. The molecule has 124 valence electrons. The van der Waals surface area contributed by atoms with Crippen molar-refractivity contribution in [1.82, 2.24) is 19.6 Å². The summed E-state index contributed by atoms with van der Waals surface area (Å²) in [5.74, 6) is 0.0937. The highest BCUT2D eigenvalue weighted by Crippen LogP contribution is 2.24. The Hall–Kier alpha value is -2.64. The predicted molar refractivity (Wildman–Crippen MR) is 99.1 cm³/mol. The van der Waals surface area contributed by atoms with Gasteiger partial charge < -0.3 is 5.32 Å². The number of amides is 1. The van der Waals surface area contributed by atoms with Crippen LogP contribution in [0.15, 0.2) is 59.9 Å². The van der Waals surface area contributed by atoms with Crippen molar-refractivity contribution in [2.75, 3.05) is 11.1 Å². The molecule has 2 aromatic carbocycles. The van der Waals surface area contributed by atoms with Crippen molar-refractivity contribution in [2.24, 2.45) is 0 Å². The number of hydrogen-bond acceptors (Lipinski definition) is 5. The normalized spacial score (nSPS) is 11.1. The molecule has 2 aromatic heterocycles. The van der Waals surface area contributed by atoms with E-state index >= 15 is 0 Å². The Labute approximate surface area is 152 Å². The number of carbonyl (C=O) groups is 1. The standard InChI is InChI=1S/C17H12ClN5OS/c18-11-5-7-12(8-6-11)20-15(24)9-25-17-16-22-19-10-23(16)14-4-2-1-3-13(14)21-17/h1-8,10H,9H2,(H,20,24). The molecule has 0 aliphatic heterocycles. The molecule has 1 amide bonds. The van der Waals surface area contributed by atoms with Gasteiger partial charge in [0, 0.05) is 10.7 Å². The summed E-state index contributed by atoms with van der Waals surface area (Å²) in [4.78, 5) is 16.8. The summed E-state index contributed by atoms with van der Waals surface area (Å²) in [6, 6.07) is 14.7. The Morgan fingerprint density at radius 3 is 2.80 bits per heavy atom. The van der Waals surface area contributed by atoms with Crippen LogP contribution in [0.5, 0.6) is 0 Å². The number of fused-ring (bicyclic) bond motifs is 3. The van der Waals surface area contributed by atoms with Gasteiger partial charge in [-0.05, 0) is 36.4 Å². The molecule has 4 rings (SSSR count). The summed E-state index contributed by atoms with van der Waals surface area (Å²) in [6.45, 7) is 0. The highest BCUT2D eigenvalue weighted by Gasteiger charge is 2.12. The van der Waals surface area contributed by atoms with Crippen LogP contribution in [0.2, 0.25) is 5.02 Å². The van der Waals surface area contributed by atoms with E-state index in [1.54, 1.807) is 30.6 Å². The highest BCUT2D eigenvalue weighted by molar-refractivity contribution is 8.00. The fourth-order valence-electron chi connectivity index (χ4n) is 2.44. The summed E-state index contributed by atoms with van der Waals surface area (Å²) >= 11 is 7.17. The molecule has 0 atom stereocenters. The third-order valence-electron chi connectivity index (χ3n) is 3.57. The van der Waals surface area contributed by atoms with Gasteiger partial charge in [0.15, 0.2) is 5.65 Å². The first-order valence-electron chi connectivity index (χ1n) is 7.47. The number of nitrogens with one attached hydrogen (secondary N) is 1. The molecule has 4 aromatic rings. The smallest absolute Gasteiger partial charge is 0.234 e. The fourth-order valence-corrected chi connectivity index (χ4v) is 3.34. The maximum Gasteiger partial charge on any atom is 0.234 e. The maximum absolute atomic E-state index is 12.2. The molecule has 0 aliphatic rings. The number of para-hydroxylation sites is 2. The minimum absolute atomic E-state index is 0.125. The van der Waals surface area contributed by atoms with Gasteiger partial charge in [-0.15, -0.1) is 10.2 Å². The lowest BCUT2D eigenvalue weighted by molar-refractivity contribution is -0.113. The Morgan fingerprint density at radius 2 is 1.96 bits per heavy atom. The van der Waals surface area contributed by atoms with Crippen molar-refractivity contribution < 1.29 is 4.79 Å². The SMILES string of the molecule is O=C(CSc1nc2ccccc2n2cnnc12)Nc1ccc(Cl)cc1. The third-order valence-corrected chi connectivity index (χ3v) is 4.78. The largest absolute Gasteiger partial charge is 0.325 e. The predicted octanol–water partition coefficient (Wildman–Crippen LogP) is 3.66. The van der Waals surface area contributed by atoms with Crippen LogP contribution in [0.1, 0.15) is 0 Å². The van der Waals surface area contributed by atoms with E-state index in [0.717, 1.165) is 11.0 Å². The van der Waals surface area contributed by atoms with Gasteiger partial charge in [-0.1, -0.05) is 35.5 Å². The molecule has 6 nitrogen and oxygen atoms in total. The van der Waals surface area contributed by atoms with E-state index in [2.05, 4.69) is 20.5 Å². The van der Waals surface area contributed by atoms with Crippen LogP contribution in [-0.2, 0) is 4.79 Å². The van der Waals surface area contributed by atoms with Crippen molar-refractivity contribution in [2.45, 2.75) is 5.03 Å². The lowest BCUT2D eigenvalue weighted by Gasteiger charge is -2.07. The number of benzene rings is 2. The Bertz CT molecular complexity index is 1060. The highest BCUT2D eigenvalue weighted by atomic mass is 35.5. The first-order chi connectivity index (χ1) is 12.2. The van der Waals surface area contributed by atoms with Crippen molar-refractivity contribution in [3.8, 4) is 0 Å². The summed E-state index contributed by atoms with van der Waals surface area (Å²) < 4.78 is 1.88. The summed E-state index contributed by atoms with van der Waals surface area (Å²) in [7, 11) is 0. The number of carbonyl (C=O) groups excluding carboxylic acids is 1. The minimum Gasteiger partial charge on any atom is -0.325 e. The quantitative estimate of drug-likeness (QED) is 0.556. The number of hydrogen-bond donors (Lipinski definition) is 1. The van der Waals surface area contributed by atoms with Gasteiger partial charge in [-0.25, -0.2) is 4.98 Å². The molecular weight excluding hydrogens is 358 g/mol. The number of anilines is 1. The monoisotopic (exact) mass is 369 g/mol. The van der Waals surface area contributed by atoms with Gasteiger partial charge in [0.25, 0.3) is 0 Å². The first kappa shape index (κ1) is 15.9. The number of rotatable bonds is 4. The number of nitrogens with zero attached hydrogens (tertiary/aromatic N) is 4. The minimum atomic E-state index is -0.125. The van der Waals surface area contributed by atoms with Gasteiger partial charge in [-0.3, -0.25) is 9.20 Å². The molecule has 0 radical (unpaired) electrons. The summed E-state index contributed by atoms with van der Waals surface area (Å²) in [6.07, 6.45) is 1.65. The Morgan fingerprint density at radius 1 is 1.16 bits per heavy atom. The molecule has 0 spiro atoms. The van der Waals surface area contributed by atoms with E-state index in [1.165, 1.54) is 11.8 Å². The van der Waals surface area contributed by atoms with E-state index in [4.69, 9.17) is 11.6 Å². The molecule has 0 saturated carbocycles. The third kappa shape index (κ3) is 3.29. The lowest BCUT2D eigenvalue weighted by Crippen LogP contribution is -2.14. The second-order valence-corrected chi connectivity index (χ2v) is 6.67. The lowest BCUT2D eigenvalue weighted by atomic mass is 10.3. The molecule has 1 N–H and O–H groups in total. The van der Waals surface area contributed by atoms with E-state index in [9.17, 15) is 4.79 Å². The van der Waals surface area contributed by atoms with Crippen molar-refractivity contribution in [3.63, 3.8) is 0 Å². The number of halogens is 1. The topological polar surface area (TPSA) is 72.2 Å². The molecular formula is C17H12ClN5OS. The summed E-state index contributed by atoms with van der Waals surface area (Å²) in [5, 5.41) is 12.2.